The van der Waals surface area contributed by atoms with Crippen LogP contribution in [-0.2, 0) is 4.79 Å². The van der Waals surface area contributed by atoms with Gasteiger partial charge in [-0.1, -0.05) is 53.7 Å². The van der Waals surface area contributed by atoms with Crippen LogP contribution < -0.4 is 10.1 Å². The number of ether oxygens (including phenoxy) is 1. The Bertz CT molecular complexity index is 1230. The van der Waals surface area contributed by atoms with Gasteiger partial charge in [0.25, 0.3) is 5.22 Å². The third-order valence-electron chi connectivity index (χ3n) is 4.48. The molecular weight excluding hydrogens is 422 g/mol. The van der Waals surface area contributed by atoms with Crippen LogP contribution in [0.15, 0.2) is 64.2 Å². The molecule has 0 aliphatic heterocycles. The number of thioether (sulfide) groups is 1. The van der Waals surface area contributed by atoms with Crippen molar-refractivity contribution in [2.45, 2.75) is 12.1 Å². The average molecular weight is 440 g/mol. The van der Waals surface area contributed by atoms with Crippen LogP contribution in [-0.4, -0.2) is 29.0 Å². The molecule has 0 saturated carbocycles. The molecule has 1 amide bonds. The Balaban J connectivity index is 1.42. The molecule has 30 heavy (non-hydrogen) atoms. The van der Waals surface area contributed by atoms with E-state index in [9.17, 15) is 4.79 Å². The second-order valence-corrected chi connectivity index (χ2v) is 7.91. The zero-order chi connectivity index (χ0) is 21.1. The number of halogens is 1. The minimum atomic E-state index is -0.217. The molecule has 0 unspecified atom stereocenters. The molecule has 0 saturated heterocycles. The summed E-state index contributed by atoms with van der Waals surface area (Å²) in [6, 6.07) is 17.4. The number of nitrogens with one attached hydrogen (secondary N) is 1. The lowest BCUT2D eigenvalue weighted by Gasteiger charge is -2.11. The molecule has 0 radical (unpaired) electrons. The number of hydrogen-bond acceptors (Lipinski definition) is 6. The van der Waals surface area contributed by atoms with Crippen LogP contribution >= 0.6 is 23.4 Å². The van der Waals surface area contributed by atoms with Crippen molar-refractivity contribution >= 4 is 45.7 Å². The van der Waals surface area contributed by atoms with Crippen LogP contribution in [0.25, 0.3) is 22.2 Å². The molecule has 0 aliphatic rings. The summed E-state index contributed by atoms with van der Waals surface area (Å²) in [6.45, 7) is 1.86. The van der Waals surface area contributed by atoms with E-state index in [0.717, 1.165) is 21.9 Å². The van der Waals surface area contributed by atoms with E-state index in [1.165, 1.54) is 18.9 Å². The fourth-order valence-electron chi connectivity index (χ4n) is 2.95. The second kappa shape index (κ2) is 8.77. The number of aryl methyl sites for hydroxylation is 1. The number of fused-ring (bicyclic) bond motifs is 1. The molecule has 4 aromatic rings. The molecule has 152 valence electrons. The fourth-order valence-corrected chi connectivity index (χ4v) is 3.67. The van der Waals surface area contributed by atoms with E-state index in [1.54, 1.807) is 12.1 Å². The normalized spacial score (nSPS) is 10.9. The minimum absolute atomic E-state index is 0.115. The van der Waals surface area contributed by atoms with Gasteiger partial charge in [-0.05, 0) is 41.5 Å². The van der Waals surface area contributed by atoms with Crippen molar-refractivity contribution in [3.05, 3.63) is 65.2 Å². The lowest BCUT2D eigenvalue weighted by atomic mass is 10.1. The van der Waals surface area contributed by atoms with Crippen molar-refractivity contribution in [3.8, 4) is 17.2 Å². The molecule has 1 heterocycles. The Morgan fingerprint density at radius 3 is 2.73 bits per heavy atom. The van der Waals surface area contributed by atoms with Crippen molar-refractivity contribution in [1.29, 1.82) is 0 Å². The van der Waals surface area contributed by atoms with E-state index >= 15 is 0 Å². The molecule has 1 aromatic heterocycles. The molecule has 8 heteroatoms. The molecule has 0 aliphatic carbocycles. The van der Waals surface area contributed by atoms with Crippen molar-refractivity contribution in [1.82, 2.24) is 10.2 Å². The maximum Gasteiger partial charge on any atom is 0.277 e. The molecule has 3 aromatic carbocycles. The van der Waals surface area contributed by atoms with E-state index < -0.39 is 0 Å². The Labute approximate surface area is 182 Å². The number of amides is 1. The number of benzene rings is 3. The highest BCUT2D eigenvalue weighted by atomic mass is 35.5. The molecule has 0 fully saturated rings. The van der Waals surface area contributed by atoms with Crippen LogP contribution in [0.2, 0.25) is 5.02 Å². The number of nitrogens with zero attached hydrogens (tertiary/aromatic N) is 2. The first kappa shape index (κ1) is 20.3. The third-order valence-corrected chi connectivity index (χ3v) is 5.71. The van der Waals surface area contributed by atoms with Gasteiger partial charge in [0.15, 0.2) is 0 Å². The predicted octanol–water partition coefficient (Wildman–Crippen LogP) is 5.59. The number of rotatable bonds is 6. The number of aromatic nitrogens is 2. The second-order valence-electron chi connectivity index (χ2n) is 6.57. The van der Waals surface area contributed by atoms with Gasteiger partial charge in [-0.3, -0.25) is 4.79 Å². The highest BCUT2D eigenvalue weighted by Crippen LogP contribution is 2.31. The van der Waals surface area contributed by atoms with Gasteiger partial charge in [-0.25, -0.2) is 0 Å². The molecule has 0 bridgehead atoms. The van der Waals surface area contributed by atoms with Crippen LogP contribution in [0.3, 0.4) is 0 Å². The van der Waals surface area contributed by atoms with Gasteiger partial charge in [0.2, 0.25) is 11.8 Å². The van der Waals surface area contributed by atoms with Gasteiger partial charge in [0, 0.05) is 16.7 Å². The predicted molar refractivity (Wildman–Crippen MR) is 119 cm³/mol. The highest BCUT2D eigenvalue weighted by Gasteiger charge is 2.14. The largest absolute Gasteiger partial charge is 0.495 e. The third kappa shape index (κ3) is 4.42. The Morgan fingerprint density at radius 2 is 1.93 bits per heavy atom. The Morgan fingerprint density at radius 1 is 1.13 bits per heavy atom. The summed E-state index contributed by atoms with van der Waals surface area (Å²) in [4.78, 5) is 12.4. The lowest BCUT2D eigenvalue weighted by molar-refractivity contribution is -0.113. The first-order chi connectivity index (χ1) is 14.5. The summed E-state index contributed by atoms with van der Waals surface area (Å²) in [5, 5.41) is 14.1. The summed E-state index contributed by atoms with van der Waals surface area (Å²) in [7, 11) is 1.53. The zero-order valence-electron chi connectivity index (χ0n) is 16.3. The number of carbonyl (C=O) groups excluding carboxylic acids is 1. The lowest BCUT2D eigenvalue weighted by Crippen LogP contribution is -2.15. The summed E-state index contributed by atoms with van der Waals surface area (Å²) in [5.41, 5.74) is 2.24. The summed E-state index contributed by atoms with van der Waals surface area (Å²) in [5.74, 6) is 0.814. The first-order valence-electron chi connectivity index (χ1n) is 9.13. The summed E-state index contributed by atoms with van der Waals surface area (Å²) >= 11 is 7.27. The van der Waals surface area contributed by atoms with E-state index in [0.29, 0.717) is 27.6 Å². The summed E-state index contributed by atoms with van der Waals surface area (Å²) < 4.78 is 11.0. The van der Waals surface area contributed by atoms with Crippen LogP contribution in [0.5, 0.6) is 5.75 Å². The monoisotopic (exact) mass is 439 g/mol. The molecule has 0 spiro atoms. The molecular formula is C22H18ClN3O3S. The Kier molecular flexibility index (Phi) is 5.92. The minimum Gasteiger partial charge on any atom is -0.495 e. The number of anilines is 1. The van der Waals surface area contributed by atoms with Gasteiger partial charge in [0.1, 0.15) is 5.75 Å². The first-order valence-corrected chi connectivity index (χ1v) is 10.5. The van der Waals surface area contributed by atoms with Gasteiger partial charge < -0.3 is 14.5 Å². The number of hydrogen-bond donors (Lipinski definition) is 1. The number of carbonyl (C=O) groups is 1. The average Bonchev–Trinajstić information content (AvgIpc) is 3.23. The van der Waals surface area contributed by atoms with E-state index in [-0.39, 0.29) is 11.7 Å². The maximum absolute atomic E-state index is 12.4. The molecule has 6 nitrogen and oxygen atoms in total. The van der Waals surface area contributed by atoms with Crippen LogP contribution in [0, 0.1) is 6.92 Å². The molecule has 0 atom stereocenters. The number of methoxy groups -OCH3 is 1. The quantitative estimate of drug-likeness (QED) is 0.394. The zero-order valence-corrected chi connectivity index (χ0v) is 17.9. The molecule has 1 N–H and O–H groups in total. The van der Waals surface area contributed by atoms with Gasteiger partial charge >= 0.3 is 0 Å². The van der Waals surface area contributed by atoms with Crippen LogP contribution in [0.4, 0.5) is 5.69 Å². The van der Waals surface area contributed by atoms with Gasteiger partial charge in [-0.15, -0.1) is 10.2 Å². The fraction of sp³-hybridized carbons (Fsp3) is 0.136. The maximum atomic E-state index is 12.4. The van der Waals surface area contributed by atoms with E-state index in [2.05, 4.69) is 15.5 Å². The van der Waals surface area contributed by atoms with Crippen molar-refractivity contribution < 1.29 is 13.9 Å². The van der Waals surface area contributed by atoms with Gasteiger partial charge in [-0.2, -0.15) is 0 Å². The SMILES string of the molecule is COc1cc(Cl)c(C)cc1NC(=O)CSc1nnc(-c2ccc3ccccc3c2)o1. The molecule has 4 rings (SSSR count). The van der Waals surface area contributed by atoms with Crippen LogP contribution in [0.1, 0.15) is 5.56 Å². The van der Waals surface area contributed by atoms with Crippen molar-refractivity contribution in [2.75, 3.05) is 18.2 Å². The highest BCUT2D eigenvalue weighted by molar-refractivity contribution is 7.99. The topological polar surface area (TPSA) is 77.2 Å². The Hall–Kier alpha value is -3.03. The van der Waals surface area contributed by atoms with Gasteiger partial charge in [0.05, 0.1) is 18.6 Å². The summed E-state index contributed by atoms with van der Waals surface area (Å²) in [6.07, 6.45) is 0. The van der Waals surface area contributed by atoms with E-state index in [1.807, 2.05) is 49.4 Å². The van der Waals surface area contributed by atoms with E-state index in [4.69, 9.17) is 20.8 Å². The van der Waals surface area contributed by atoms with Crippen molar-refractivity contribution in [2.24, 2.45) is 0 Å². The smallest absolute Gasteiger partial charge is 0.277 e. The van der Waals surface area contributed by atoms with Crippen molar-refractivity contribution in [3.63, 3.8) is 0 Å². The standard InChI is InChI=1S/C22H18ClN3O3S/c1-13-9-18(19(28-2)11-17(13)23)24-20(27)12-30-22-26-25-21(29-22)16-8-7-14-5-3-4-6-15(14)10-16/h3-11H,12H2,1-2H3,(H,24,27).